The van der Waals surface area contributed by atoms with Crippen LogP contribution in [0.25, 0.3) is 22.2 Å². The lowest BCUT2D eigenvalue weighted by molar-refractivity contribution is 0.0364. The van der Waals surface area contributed by atoms with Gasteiger partial charge in [0.1, 0.15) is 11.2 Å². The van der Waals surface area contributed by atoms with Crippen molar-refractivity contribution in [3.05, 3.63) is 83.7 Å². The normalized spacial score (nSPS) is 15.9. The molecule has 6 rings (SSSR count). The molecule has 2 aliphatic rings. The largest absolute Gasteiger partial charge is 0.444 e. The van der Waals surface area contributed by atoms with Gasteiger partial charge >= 0.3 is 6.09 Å². The number of anilines is 1. The molecule has 4 aromatic rings. The van der Waals surface area contributed by atoms with Gasteiger partial charge in [0.05, 0.1) is 13.2 Å². The molecular weight excluding hydrogens is 540 g/mol. The fourth-order valence-electron chi connectivity index (χ4n) is 5.70. The Hall–Kier alpha value is -4.01. The van der Waals surface area contributed by atoms with Gasteiger partial charge in [0.15, 0.2) is 5.78 Å². The minimum atomic E-state index is -0.636. The summed E-state index contributed by atoms with van der Waals surface area (Å²) >= 11 is 0. The molecule has 3 heterocycles. The summed E-state index contributed by atoms with van der Waals surface area (Å²) in [7, 11) is 0. The number of fused-ring (bicyclic) bond motifs is 1. The van der Waals surface area contributed by atoms with Crippen molar-refractivity contribution in [1.82, 2.24) is 14.5 Å². The number of ketones is 1. The molecule has 1 aliphatic carbocycles. The summed E-state index contributed by atoms with van der Waals surface area (Å²) in [5.41, 5.74) is 5.47. The van der Waals surface area contributed by atoms with Crippen molar-refractivity contribution in [3.8, 4) is 11.1 Å². The molecule has 1 saturated carbocycles. The third kappa shape index (κ3) is 7.14. The summed E-state index contributed by atoms with van der Waals surface area (Å²) in [6, 6.07) is 20.0. The molecule has 8 heteroatoms. The second-order valence-electron chi connectivity index (χ2n) is 12.6. The van der Waals surface area contributed by atoms with Gasteiger partial charge in [0.2, 0.25) is 0 Å². The number of rotatable bonds is 9. The maximum absolute atomic E-state index is 13.7. The molecule has 1 amide bonds. The quantitative estimate of drug-likeness (QED) is 0.222. The summed E-state index contributed by atoms with van der Waals surface area (Å²) in [4.78, 5) is 33.6. The molecule has 0 unspecified atom stereocenters. The highest BCUT2D eigenvalue weighted by Gasteiger charge is 2.29. The van der Waals surface area contributed by atoms with Crippen LogP contribution in [0.2, 0.25) is 0 Å². The molecule has 2 fully saturated rings. The Morgan fingerprint density at radius 3 is 2.47 bits per heavy atom. The first-order chi connectivity index (χ1) is 20.7. The van der Waals surface area contributed by atoms with E-state index in [1.807, 2.05) is 75.4 Å². The summed E-state index contributed by atoms with van der Waals surface area (Å²) in [5, 5.41) is 3.86. The molecule has 1 N–H and O–H groups in total. The van der Waals surface area contributed by atoms with Gasteiger partial charge in [-0.2, -0.15) is 0 Å². The van der Waals surface area contributed by atoms with E-state index in [4.69, 9.17) is 14.5 Å². The molecule has 43 heavy (non-hydrogen) atoms. The highest BCUT2D eigenvalue weighted by atomic mass is 16.6. The maximum Gasteiger partial charge on any atom is 0.412 e. The van der Waals surface area contributed by atoms with Crippen LogP contribution in [-0.2, 0) is 22.4 Å². The Bertz CT molecular complexity index is 1610. The summed E-state index contributed by atoms with van der Waals surface area (Å²) < 4.78 is 13.4. The van der Waals surface area contributed by atoms with Crippen molar-refractivity contribution in [2.24, 2.45) is 0 Å². The zero-order valence-corrected chi connectivity index (χ0v) is 25.3. The molecule has 224 valence electrons. The number of hydrogen-bond acceptors (Lipinski definition) is 6. The van der Waals surface area contributed by atoms with Gasteiger partial charge in [-0.15, -0.1) is 0 Å². The van der Waals surface area contributed by atoms with Crippen LogP contribution >= 0.6 is 0 Å². The van der Waals surface area contributed by atoms with Crippen LogP contribution in [0.3, 0.4) is 0 Å². The van der Waals surface area contributed by atoms with E-state index in [0.717, 1.165) is 67.1 Å². The van der Waals surface area contributed by atoms with Crippen molar-refractivity contribution in [3.63, 3.8) is 0 Å². The van der Waals surface area contributed by atoms with E-state index in [9.17, 15) is 9.59 Å². The molecule has 0 spiro atoms. The maximum atomic E-state index is 13.7. The molecule has 1 saturated heterocycles. The number of carbonyl (C=O) groups excluding carboxylic acids is 2. The molecule has 0 radical (unpaired) electrons. The molecule has 1 aliphatic heterocycles. The number of ether oxygens (including phenoxy) is 2. The smallest absolute Gasteiger partial charge is 0.412 e. The van der Waals surface area contributed by atoms with Gasteiger partial charge in [-0.25, -0.2) is 9.78 Å². The standard InChI is InChI=1S/C35H40N4O4/c1-35(2,3)43-34(41)37-30-12-11-26(24-7-5-4-6-8-24)19-27(30)22-32(40)29-20-28-21-31(25-9-10-25)39(33(28)36-23-29)14-13-38-15-17-42-18-16-38/h4-8,11-12,19-21,23,25H,9-10,13-18,22H2,1-3H3,(H,37,41). The fraction of sp³-hybridized carbons (Fsp3) is 0.400. The van der Waals surface area contributed by atoms with Gasteiger partial charge < -0.3 is 14.0 Å². The van der Waals surface area contributed by atoms with Gasteiger partial charge in [0, 0.05) is 61.1 Å². The molecule has 2 aromatic carbocycles. The van der Waals surface area contributed by atoms with E-state index in [1.54, 1.807) is 6.20 Å². The zero-order chi connectivity index (χ0) is 30.0. The highest BCUT2D eigenvalue weighted by molar-refractivity contribution is 6.01. The van der Waals surface area contributed by atoms with E-state index >= 15 is 0 Å². The number of amides is 1. The van der Waals surface area contributed by atoms with Gasteiger partial charge in [-0.1, -0.05) is 36.4 Å². The number of pyridine rings is 1. The first-order valence-corrected chi connectivity index (χ1v) is 15.2. The number of nitrogens with zero attached hydrogens (tertiary/aromatic N) is 3. The molecule has 8 nitrogen and oxygen atoms in total. The number of hydrogen-bond donors (Lipinski definition) is 1. The summed E-state index contributed by atoms with van der Waals surface area (Å²) in [6.45, 7) is 10.8. The van der Waals surface area contributed by atoms with Crippen molar-refractivity contribution >= 4 is 28.6 Å². The van der Waals surface area contributed by atoms with E-state index < -0.39 is 11.7 Å². The van der Waals surface area contributed by atoms with E-state index in [2.05, 4.69) is 20.9 Å². The van der Waals surface area contributed by atoms with E-state index in [1.165, 1.54) is 18.5 Å². The van der Waals surface area contributed by atoms with Crippen LogP contribution in [0.4, 0.5) is 10.5 Å². The lowest BCUT2D eigenvalue weighted by Gasteiger charge is -2.27. The molecule has 2 aromatic heterocycles. The topological polar surface area (TPSA) is 85.7 Å². The lowest BCUT2D eigenvalue weighted by atomic mass is 9.97. The Balaban J connectivity index is 1.26. The van der Waals surface area contributed by atoms with E-state index in [0.29, 0.717) is 17.2 Å². The van der Waals surface area contributed by atoms with Crippen LogP contribution in [0.1, 0.15) is 61.1 Å². The predicted molar refractivity (Wildman–Crippen MR) is 169 cm³/mol. The minimum Gasteiger partial charge on any atom is -0.444 e. The van der Waals surface area contributed by atoms with Crippen LogP contribution in [0.5, 0.6) is 0 Å². The van der Waals surface area contributed by atoms with E-state index in [-0.39, 0.29) is 12.2 Å². The Labute approximate surface area is 253 Å². The summed E-state index contributed by atoms with van der Waals surface area (Å²) in [5.74, 6) is 0.515. The number of Topliss-reactive ketones (excluding diaryl/α,β-unsaturated/α-hetero) is 1. The number of nitrogens with one attached hydrogen (secondary N) is 1. The van der Waals surface area contributed by atoms with Gasteiger partial charge in [-0.05, 0) is 80.5 Å². The number of morpholine rings is 1. The fourth-order valence-corrected chi connectivity index (χ4v) is 5.70. The monoisotopic (exact) mass is 580 g/mol. The van der Waals surface area contributed by atoms with Crippen LogP contribution in [0.15, 0.2) is 66.9 Å². The lowest BCUT2D eigenvalue weighted by Crippen LogP contribution is -2.38. The summed E-state index contributed by atoms with van der Waals surface area (Å²) in [6.07, 6.45) is 3.67. The van der Waals surface area contributed by atoms with Crippen LogP contribution in [-0.4, -0.2) is 64.8 Å². The van der Waals surface area contributed by atoms with Crippen LogP contribution < -0.4 is 5.32 Å². The Kier molecular flexibility index (Phi) is 8.32. The number of benzene rings is 2. The molecular formula is C35H40N4O4. The van der Waals surface area contributed by atoms with Crippen LogP contribution in [0, 0.1) is 0 Å². The van der Waals surface area contributed by atoms with Crippen molar-refractivity contribution in [2.75, 3.05) is 38.2 Å². The SMILES string of the molecule is CC(C)(C)OC(=O)Nc1ccc(-c2ccccc2)cc1CC(=O)c1cnc2c(c1)cc(C1CC1)n2CCN1CCOCC1. The van der Waals surface area contributed by atoms with Gasteiger partial charge in [-0.3, -0.25) is 15.0 Å². The van der Waals surface area contributed by atoms with Crippen molar-refractivity contribution in [1.29, 1.82) is 0 Å². The second kappa shape index (κ2) is 12.3. The first-order valence-electron chi connectivity index (χ1n) is 15.2. The van der Waals surface area contributed by atoms with Crippen molar-refractivity contribution in [2.45, 2.75) is 58.1 Å². The first kappa shape index (κ1) is 29.1. The second-order valence-corrected chi connectivity index (χ2v) is 12.6. The molecule has 0 bridgehead atoms. The van der Waals surface area contributed by atoms with Crippen molar-refractivity contribution < 1.29 is 19.1 Å². The highest BCUT2D eigenvalue weighted by Crippen LogP contribution is 2.42. The Morgan fingerprint density at radius 2 is 1.74 bits per heavy atom. The number of aromatic nitrogens is 2. The predicted octanol–water partition coefficient (Wildman–Crippen LogP) is 6.69. The van der Waals surface area contributed by atoms with Gasteiger partial charge in [0.25, 0.3) is 0 Å². The molecule has 0 atom stereocenters. The third-order valence-corrected chi connectivity index (χ3v) is 8.03. The average molecular weight is 581 g/mol. The Morgan fingerprint density at radius 1 is 0.977 bits per heavy atom. The minimum absolute atomic E-state index is 0.0547. The zero-order valence-electron chi connectivity index (χ0n) is 25.3. The number of carbonyl (C=O) groups is 2. The third-order valence-electron chi connectivity index (χ3n) is 8.03. The average Bonchev–Trinajstić information content (AvgIpc) is 3.77.